The van der Waals surface area contributed by atoms with Gasteiger partial charge in [0.15, 0.2) is 0 Å². The molecule has 0 spiro atoms. The van der Waals surface area contributed by atoms with Gasteiger partial charge >= 0.3 is 0 Å². The standard InChI is InChI=1S/C12H24N4O/c1-3-11(7-10-17)5-6-12(4-2)16(14)9-8-15-13/h3,6,8,11,17H,1,4-5,7,9-10,13-14H2,2H3/b12-6+,15-8-. The highest BCUT2D eigenvalue weighted by Gasteiger charge is 2.05. The third-order valence-electron chi connectivity index (χ3n) is 2.60. The van der Waals surface area contributed by atoms with Crippen molar-refractivity contribution in [2.45, 2.75) is 26.2 Å². The van der Waals surface area contributed by atoms with Gasteiger partial charge < -0.3 is 16.0 Å². The van der Waals surface area contributed by atoms with Crippen LogP contribution in [-0.2, 0) is 0 Å². The Morgan fingerprint density at radius 1 is 1.59 bits per heavy atom. The summed E-state index contributed by atoms with van der Waals surface area (Å²) in [4.78, 5) is 0. The quantitative estimate of drug-likeness (QED) is 0.242. The predicted molar refractivity (Wildman–Crippen MR) is 72.0 cm³/mol. The van der Waals surface area contributed by atoms with Crippen LogP contribution in [0.4, 0.5) is 0 Å². The maximum atomic E-state index is 8.88. The minimum absolute atomic E-state index is 0.179. The van der Waals surface area contributed by atoms with Gasteiger partial charge in [-0.2, -0.15) is 5.10 Å². The van der Waals surface area contributed by atoms with E-state index in [1.54, 1.807) is 11.2 Å². The summed E-state index contributed by atoms with van der Waals surface area (Å²) in [6.45, 7) is 6.47. The van der Waals surface area contributed by atoms with E-state index < -0.39 is 0 Å². The second kappa shape index (κ2) is 9.86. The van der Waals surface area contributed by atoms with Crippen LogP contribution in [0.1, 0.15) is 26.2 Å². The summed E-state index contributed by atoms with van der Waals surface area (Å²) in [5.74, 6) is 11.2. The molecule has 0 aromatic heterocycles. The number of nitrogens with zero attached hydrogens (tertiary/aromatic N) is 2. The van der Waals surface area contributed by atoms with Crippen molar-refractivity contribution < 1.29 is 5.11 Å². The van der Waals surface area contributed by atoms with E-state index in [4.69, 9.17) is 16.8 Å². The van der Waals surface area contributed by atoms with E-state index in [2.05, 4.69) is 17.8 Å². The molecule has 0 saturated heterocycles. The topological polar surface area (TPSA) is 87.9 Å². The van der Waals surface area contributed by atoms with E-state index in [9.17, 15) is 0 Å². The highest BCUT2D eigenvalue weighted by Crippen LogP contribution is 2.13. The Hall–Kier alpha value is -1.33. The zero-order valence-corrected chi connectivity index (χ0v) is 10.5. The van der Waals surface area contributed by atoms with Gasteiger partial charge in [-0.05, 0) is 25.2 Å². The number of aliphatic hydroxyl groups excluding tert-OH is 1. The average Bonchev–Trinajstić information content (AvgIpc) is 2.35. The number of hydrazone groups is 1. The Labute approximate surface area is 103 Å². The molecule has 1 unspecified atom stereocenters. The van der Waals surface area contributed by atoms with Gasteiger partial charge in [0.1, 0.15) is 0 Å². The largest absolute Gasteiger partial charge is 0.396 e. The Morgan fingerprint density at radius 2 is 2.29 bits per heavy atom. The number of hydrogen-bond donors (Lipinski definition) is 3. The minimum Gasteiger partial charge on any atom is -0.396 e. The smallest absolute Gasteiger partial charge is 0.0708 e. The number of aliphatic hydroxyl groups is 1. The molecule has 1 atom stereocenters. The van der Waals surface area contributed by atoms with Crippen LogP contribution in [0.3, 0.4) is 0 Å². The van der Waals surface area contributed by atoms with Crippen LogP contribution in [0.5, 0.6) is 0 Å². The Balaban J connectivity index is 4.36. The number of hydrazine groups is 1. The molecule has 0 saturated carbocycles. The van der Waals surface area contributed by atoms with Crippen LogP contribution >= 0.6 is 0 Å². The van der Waals surface area contributed by atoms with Crippen molar-refractivity contribution in [3.8, 4) is 0 Å². The first kappa shape index (κ1) is 15.7. The van der Waals surface area contributed by atoms with Gasteiger partial charge in [0.2, 0.25) is 0 Å². The average molecular weight is 240 g/mol. The lowest BCUT2D eigenvalue weighted by Crippen LogP contribution is -2.32. The molecular formula is C12H24N4O. The molecule has 0 aliphatic rings. The van der Waals surface area contributed by atoms with Crippen molar-refractivity contribution in [2.24, 2.45) is 22.7 Å². The van der Waals surface area contributed by atoms with E-state index >= 15 is 0 Å². The molecule has 0 bridgehead atoms. The second-order valence-electron chi connectivity index (χ2n) is 3.78. The highest BCUT2D eigenvalue weighted by molar-refractivity contribution is 5.59. The van der Waals surface area contributed by atoms with Crippen molar-refractivity contribution in [1.29, 1.82) is 0 Å². The lowest BCUT2D eigenvalue weighted by molar-refractivity contribution is 0.270. The Kier molecular flexibility index (Phi) is 9.09. The molecule has 5 nitrogen and oxygen atoms in total. The van der Waals surface area contributed by atoms with Gasteiger partial charge in [0, 0.05) is 18.5 Å². The van der Waals surface area contributed by atoms with Crippen LogP contribution in [0, 0.1) is 5.92 Å². The van der Waals surface area contributed by atoms with Gasteiger partial charge in [-0.15, -0.1) is 6.58 Å². The van der Waals surface area contributed by atoms with E-state index in [0.29, 0.717) is 6.54 Å². The molecule has 0 aliphatic carbocycles. The molecule has 0 radical (unpaired) electrons. The molecule has 5 heteroatoms. The van der Waals surface area contributed by atoms with Gasteiger partial charge in [-0.25, -0.2) is 5.84 Å². The molecule has 0 amide bonds. The number of rotatable bonds is 9. The zero-order valence-electron chi connectivity index (χ0n) is 10.5. The SMILES string of the molecule is C=CC(C/C=C(\CC)N(N)C/C=N\N)CCO. The molecule has 0 rings (SSSR count). The maximum absolute atomic E-state index is 8.88. The predicted octanol–water partition coefficient (Wildman–Crippen LogP) is 0.975. The van der Waals surface area contributed by atoms with Gasteiger partial charge in [-0.1, -0.05) is 19.1 Å². The van der Waals surface area contributed by atoms with Crippen LogP contribution in [0.2, 0.25) is 0 Å². The first-order valence-electron chi connectivity index (χ1n) is 5.85. The summed E-state index contributed by atoms with van der Waals surface area (Å²) in [5.41, 5.74) is 1.04. The highest BCUT2D eigenvalue weighted by atomic mass is 16.3. The first-order valence-corrected chi connectivity index (χ1v) is 5.85. The lowest BCUT2D eigenvalue weighted by atomic mass is 10.0. The fraction of sp³-hybridized carbons (Fsp3) is 0.583. The molecule has 0 fully saturated rings. The normalized spacial score (nSPS) is 13.9. The molecule has 0 aliphatic heterocycles. The minimum atomic E-state index is 0.179. The van der Waals surface area contributed by atoms with Gasteiger partial charge in [0.25, 0.3) is 0 Å². The maximum Gasteiger partial charge on any atom is 0.0708 e. The molecule has 0 aromatic rings. The third-order valence-corrected chi connectivity index (χ3v) is 2.60. The summed E-state index contributed by atoms with van der Waals surface area (Å²) in [7, 11) is 0. The molecular weight excluding hydrogens is 216 g/mol. The lowest BCUT2D eigenvalue weighted by Gasteiger charge is -2.20. The van der Waals surface area contributed by atoms with Gasteiger partial charge in [-0.3, -0.25) is 0 Å². The number of nitrogens with two attached hydrogens (primary N) is 2. The first-order chi connectivity index (χ1) is 8.19. The zero-order chi connectivity index (χ0) is 13.1. The van der Waals surface area contributed by atoms with Crippen LogP contribution in [0.25, 0.3) is 0 Å². The van der Waals surface area contributed by atoms with E-state index in [1.807, 2.05) is 13.0 Å². The molecule has 17 heavy (non-hydrogen) atoms. The van der Waals surface area contributed by atoms with E-state index in [-0.39, 0.29) is 12.5 Å². The molecule has 98 valence electrons. The van der Waals surface area contributed by atoms with Crippen molar-refractivity contribution in [1.82, 2.24) is 5.01 Å². The van der Waals surface area contributed by atoms with Crippen LogP contribution in [0.15, 0.2) is 29.5 Å². The monoisotopic (exact) mass is 240 g/mol. The molecule has 5 N–H and O–H groups in total. The summed E-state index contributed by atoms with van der Waals surface area (Å²) in [5, 5.41) is 13.9. The Morgan fingerprint density at radius 3 is 2.76 bits per heavy atom. The Bertz CT molecular complexity index is 263. The number of hydrogen-bond acceptors (Lipinski definition) is 5. The fourth-order valence-electron chi connectivity index (χ4n) is 1.50. The van der Waals surface area contributed by atoms with Gasteiger partial charge in [0.05, 0.1) is 6.54 Å². The van der Waals surface area contributed by atoms with Crippen LogP contribution < -0.4 is 11.7 Å². The number of allylic oxidation sites excluding steroid dienone is 3. The van der Waals surface area contributed by atoms with Crippen molar-refractivity contribution in [3.05, 3.63) is 24.4 Å². The second-order valence-corrected chi connectivity index (χ2v) is 3.78. The summed E-state index contributed by atoms with van der Waals surface area (Å²) in [6.07, 6.45) is 7.90. The van der Waals surface area contributed by atoms with E-state index in [0.717, 1.165) is 25.0 Å². The summed E-state index contributed by atoms with van der Waals surface area (Å²) < 4.78 is 0. The summed E-state index contributed by atoms with van der Waals surface area (Å²) in [6, 6.07) is 0. The third kappa shape index (κ3) is 6.76. The van der Waals surface area contributed by atoms with Crippen molar-refractivity contribution in [2.75, 3.05) is 13.2 Å². The van der Waals surface area contributed by atoms with Crippen molar-refractivity contribution >= 4 is 6.21 Å². The summed E-state index contributed by atoms with van der Waals surface area (Å²) >= 11 is 0. The van der Waals surface area contributed by atoms with E-state index in [1.165, 1.54) is 0 Å². The van der Waals surface area contributed by atoms with Crippen LogP contribution in [-0.4, -0.2) is 29.5 Å². The molecule has 0 heterocycles. The fourth-order valence-corrected chi connectivity index (χ4v) is 1.50. The van der Waals surface area contributed by atoms with Crippen molar-refractivity contribution in [3.63, 3.8) is 0 Å². The molecule has 0 aromatic carbocycles.